The number of likely N-dealkylation sites (tertiary alicyclic amines) is 2. The van der Waals surface area contributed by atoms with E-state index in [0.29, 0.717) is 31.2 Å². The molecule has 16 nitrogen and oxygen atoms in total. The van der Waals surface area contributed by atoms with Gasteiger partial charge in [0, 0.05) is 23.0 Å². The second-order valence-electron chi connectivity index (χ2n) is 19.7. The molecule has 3 aromatic carbocycles. The second kappa shape index (κ2) is 17.2. The molecule has 1 aliphatic carbocycles. The van der Waals surface area contributed by atoms with Crippen LogP contribution in [0.3, 0.4) is 0 Å². The van der Waals surface area contributed by atoms with E-state index in [-0.39, 0.29) is 60.0 Å². The standard InChI is InChI=1S/C50H60N8O8/c1-24(2)42(55-49(61)62)47(59)57-25(3)10-15-39(57)45-51-22-37(53-45)29-11-13-33-32(18-29)23-65-41-21-34-28(19-35(33)41)12-14-36-44(34)54-46(52-36)40-20-30-8-7-9-38(30)58(40)48(60)43(56-50(63)64-6)31-16-26(4)66-27(5)17-31/h11-14,18-19,21-22,24-27,30-31,38-40,42-43,55H,7-10,15-17,20,23H2,1-6H3,(H,51,53)(H,52,54)(H,56,63)(H,61,62)/t25-,26+,27+,30-,38-,39-,40-,42-,43-/m0/s1. The Morgan fingerprint density at radius 3 is 2.42 bits per heavy atom. The summed E-state index contributed by atoms with van der Waals surface area (Å²) in [7, 11) is 1.33. The van der Waals surface area contributed by atoms with Gasteiger partial charge in [0.05, 0.1) is 54.3 Å². The molecule has 5 N–H and O–H groups in total. The molecule has 348 valence electrons. The van der Waals surface area contributed by atoms with Crippen molar-refractivity contribution in [1.82, 2.24) is 40.4 Å². The van der Waals surface area contributed by atoms with E-state index >= 15 is 0 Å². The summed E-state index contributed by atoms with van der Waals surface area (Å²) in [6.07, 6.45) is 6.59. The quantitative estimate of drug-likeness (QED) is 0.0956. The number of imidazole rings is 2. The van der Waals surface area contributed by atoms with Gasteiger partial charge in [0.2, 0.25) is 11.8 Å². The molecule has 0 unspecified atom stereocenters. The molecule has 5 aliphatic rings. The zero-order valence-corrected chi connectivity index (χ0v) is 38.4. The van der Waals surface area contributed by atoms with E-state index in [4.69, 9.17) is 24.2 Å². The maximum Gasteiger partial charge on any atom is 0.407 e. The number of alkyl carbamates (subject to hydrolysis) is 1. The van der Waals surface area contributed by atoms with Gasteiger partial charge in [-0.2, -0.15) is 0 Å². The van der Waals surface area contributed by atoms with Crippen molar-refractivity contribution in [2.75, 3.05) is 7.11 Å². The highest BCUT2D eigenvalue weighted by Gasteiger charge is 2.51. The Hall–Kier alpha value is -6.16. The van der Waals surface area contributed by atoms with Crippen LogP contribution >= 0.6 is 0 Å². The van der Waals surface area contributed by atoms with Crippen molar-refractivity contribution in [3.05, 3.63) is 65.9 Å². The van der Waals surface area contributed by atoms with Crippen molar-refractivity contribution in [2.45, 2.75) is 141 Å². The molecule has 16 heteroatoms. The Balaban J connectivity index is 0.920. The van der Waals surface area contributed by atoms with Crippen molar-refractivity contribution >= 4 is 45.8 Å². The van der Waals surface area contributed by atoms with Crippen molar-refractivity contribution < 1.29 is 38.5 Å². The number of aromatic amines is 2. The molecule has 9 atom stereocenters. The molecule has 0 radical (unpaired) electrons. The first-order valence-corrected chi connectivity index (χ1v) is 23.7. The summed E-state index contributed by atoms with van der Waals surface area (Å²) in [4.78, 5) is 73.9. The minimum Gasteiger partial charge on any atom is -0.488 e. The average molecular weight is 901 g/mol. The number of carbonyl (C=O) groups is 4. The van der Waals surface area contributed by atoms with E-state index in [1.165, 1.54) is 7.11 Å². The number of hydrogen-bond acceptors (Lipinski definition) is 9. The van der Waals surface area contributed by atoms with Crippen LogP contribution in [0.15, 0.2) is 48.7 Å². The Labute approximate surface area is 383 Å². The summed E-state index contributed by atoms with van der Waals surface area (Å²) in [5.41, 5.74) is 6.56. The molecule has 66 heavy (non-hydrogen) atoms. The van der Waals surface area contributed by atoms with Crippen LogP contribution in [0.4, 0.5) is 9.59 Å². The first-order valence-electron chi connectivity index (χ1n) is 23.7. The SMILES string of the molecule is COC(=O)N[C@H](C(=O)N1[C@H](c2nc3c(ccc4cc5c(cc43)OCc3cc(-c4cnc([C@@H]6CC[C@H](C)N6C(=O)[C@@H](NC(=O)O)C(C)C)[nH]4)ccc3-5)[nH]2)C[C@@H]2CCC[C@@H]21)C1C[C@@H](C)O[C@H](C)C1. The second-order valence-corrected chi connectivity index (χ2v) is 19.7. The molecule has 4 fully saturated rings. The molecule has 4 aliphatic heterocycles. The number of nitrogens with one attached hydrogen (secondary N) is 4. The van der Waals surface area contributed by atoms with E-state index in [2.05, 4.69) is 63.1 Å². The molecule has 3 saturated heterocycles. The fourth-order valence-corrected chi connectivity index (χ4v) is 12.0. The Bertz CT molecular complexity index is 2700. The highest BCUT2D eigenvalue weighted by atomic mass is 16.5. The number of methoxy groups -OCH3 is 1. The first kappa shape index (κ1) is 43.7. The van der Waals surface area contributed by atoms with E-state index in [1.54, 1.807) is 11.1 Å². The number of hydrogen-bond donors (Lipinski definition) is 5. The molecule has 6 heterocycles. The maximum atomic E-state index is 14.9. The molecule has 0 bridgehead atoms. The van der Waals surface area contributed by atoms with Crippen molar-refractivity contribution in [3.63, 3.8) is 0 Å². The van der Waals surface area contributed by atoms with Gasteiger partial charge in [-0.15, -0.1) is 0 Å². The number of nitrogens with zero attached hydrogens (tertiary/aromatic N) is 4. The van der Waals surface area contributed by atoms with Gasteiger partial charge in [0.15, 0.2) is 0 Å². The molecule has 2 aromatic heterocycles. The highest BCUT2D eigenvalue weighted by Crippen LogP contribution is 2.49. The number of H-pyrrole nitrogens is 2. The number of carbonyl (C=O) groups excluding carboxylic acids is 3. The number of amides is 4. The molecule has 4 amide bonds. The number of carboxylic acid groups (broad SMARTS) is 1. The number of ether oxygens (including phenoxy) is 3. The molecule has 10 rings (SSSR count). The molecular formula is C50H60N8O8. The Kier molecular flexibility index (Phi) is 11.4. The summed E-state index contributed by atoms with van der Waals surface area (Å²) in [5.74, 6) is 1.92. The Morgan fingerprint density at radius 2 is 1.67 bits per heavy atom. The molecular weight excluding hydrogens is 841 g/mol. The van der Waals surface area contributed by atoms with E-state index in [9.17, 15) is 24.3 Å². The molecule has 5 aromatic rings. The van der Waals surface area contributed by atoms with Crippen LogP contribution in [-0.2, 0) is 25.7 Å². The number of rotatable bonds is 9. The van der Waals surface area contributed by atoms with Gasteiger partial charge in [-0.3, -0.25) is 9.59 Å². The topological polar surface area (TPSA) is 204 Å². The van der Waals surface area contributed by atoms with Crippen LogP contribution in [0.2, 0.25) is 0 Å². The van der Waals surface area contributed by atoms with E-state index < -0.39 is 24.3 Å². The maximum absolute atomic E-state index is 14.9. The first-order chi connectivity index (χ1) is 31.8. The third-order valence-electron chi connectivity index (χ3n) is 15.1. The smallest absolute Gasteiger partial charge is 0.407 e. The van der Waals surface area contributed by atoms with Gasteiger partial charge in [0.1, 0.15) is 36.1 Å². The Morgan fingerprint density at radius 1 is 0.864 bits per heavy atom. The van der Waals surface area contributed by atoms with Crippen LogP contribution in [0.5, 0.6) is 5.75 Å². The predicted octanol–water partition coefficient (Wildman–Crippen LogP) is 8.38. The van der Waals surface area contributed by atoms with Gasteiger partial charge in [-0.25, -0.2) is 19.6 Å². The monoisotopic (exact) mass is 900 g/mol. The highest BCUT2D eigenvalue weighted by molar-refractivity contribution is 6.07. The van der Waals surface area contributed by atoms with Crippen molar-refractivity contribution in [3.8, 4) is 28.1 Å². The summed E-state index contributed by atoms with van der Waals surface area (Å²) in [5, 5.41) is 16.8. The third kappa shape index (κ3) is 7.79. The minimum absolute atomic E-state index is 0.0305. The van der Waals surface area contributed by atoms with Crippen molar-refractivity contribution in [2.24, 2.45) is 17.8 Å². The largest absolute Gasteiger partial charge is 0.488 e. The lowest BCUT2D eigenvalue weighted by Crippen LogP contribution is -2.56. The lowest BCUT2D eigenvalue weighted by molar-refractivity contribution is -0.141. The summed E-state index contributed by atoms with van der Waals surface area (Å²) in [6, 6.07) is 12.6. The molecule has 1 saturated carbocycles. The van der Waals surface area contributed by atoms with E-state index in [1.807, 2.05) is 39.5 Å². The van der Waals surface area contributed by atoms with Gasteiger partial charge >= 0.3 is 12.2 Å². The summed E-state index contributed by atoms with van der Waals surface area (Å²) < 4.78 is 17.6. The fourth-order valence-electron chi connectivity index (χ4n) is 12.0. The third-order valence-corrected chi connectivity index (χ3v) is 15.1. The van der Waals surface area contributed by atoms with Crippen LogP contribution in [0.1, 0.15) is 115 Å². The van der Waals surface area contributed by atoms with Crippen LogP contribution < -0.4 is 15.4 Å². The minimum atomic E-state index is -1.22. The van der Waals surface area contributed by atoms with Crippen molar-refractivity contribution in [1.29, 1.82) is 0 Å². The van der Waals surface area contributed by atoms with Gasteiger partial charge in [0.25, 0.3) is 0 Å². The van der Waals surface area contributed by atoms with Crippen LogP contribution in [0.25, 0.3) is 44.2 Å². The fraction of sp³-hybridized carbons (Fsp3) is 0.520. The zero-order valence-electron chi connectivity index (χ0n) is 38.4. The van der Waals surface area contributed by atoms with Crippen LogP contribution in [0, 0.1) is 17.8 Å². The van der Waals surface area contributed by atoms with Crippen LogP contribution in [-0.4, -0.2) is 102 Å². The average Bonchev–Trinajstić information content (AvgIpc) is 4.14. The van der Waals surface area contributed by atoms with Gasteiger partial charge in [-0.05, 0) is 130 Å². The predicted molar refractivity (Wildman–Crippen MR) is 246 cm³/mol. The molecule has 0 spiro atoms. The number of fused-ring (bicyclic) bond motifs is 7. The van der Waals surface area contributed by atoms with E-state index in [0.717, 1.165) is 99.9 Å². The summed E-state index contributed by atoms with van der Waals surface area (Å²) >= 11 is 0. The van der Waals surface area contributed by atoms with Gasteiger partial charge in [-0.1, -0.05) is 38.5 Å². The lowest BCUT2D eigenvalue weighted by Gasteiger charge is -2.39. The normalized spacial score (nSPS) is 26.7. The number of benzene rings is 3. The van der Waals surface area contributed by atoms with Gasteiger partial charge < -0.3 is 49.7 Å². The zero-order chi connectivity index (χ0) is 46.1. The summed E-state index contributed by atoms with van der Waals surface area (Å²) in [6.45, 7) is 10.1. The number of aromatic nitrogens is 4. The lowest BCUT2D eigenvalue weighted by atomic mass is 9.85.